The van der Waals surface area contributed by atoms with Crippen LogP contribution >= 0.6 is 8.37 Å². The number of nitrogens with one attached hydrogen (secondary N) is 2. The molecule has 0 radical (unpaired) electrons. The highest BCUT2D eigenvalue weighted by Gasteiger charge is 2.85. The molecule has 53 heteroatoms. The molecule has 5 aliphatic heterocycles. The molecule has 0 aliphatic carbocycles. The number of fused-ring (bicyclic) bond motifs is 7. The van der Waals surface area contributed by atoms with Crippen molar-refractivity contribution < 1.29 is 151 Å². The second-order valence-electron chi connectivity index (χ2n) is 23.1. The molecular weight excluding hydrogens is 1510 g/mol. The van der Waals surface area contributed by atoms with E-state index in [0.717, 1.165) is 62.7 Å². The molecule has 5 aliphatic rings. The fraction of sp³-hybridized carbons (Fsp3) is 0.975. The van der Waals surface area contributed by atoms with Crippen LogP contribution in [-0.2, 0) is 64.2 Å². The lowest BCUT2D eigenvalue weighted by atomic mass is 10.1. The number of hydrogen-bond donors (Lipinski definition) is 3. The first-order chi connectivity index (χ1) is 40.6. The fourth-order valence-electron chi connectivity index (χ4n) is 7.43. The zero-order chi connectivity index (χ0) is 74.8. The van der Waals surface area contributed by atoms with E-state index in [1.54, 1.807) is 0 Å². The molecule has 0 aromatic rings. The Morgan fingerprint density at radius 3 is 1.11 bits per heavy atom. The highest BCUT2D eigenvalue weighted by molar-refractivity contribution is 8.07. The summed E-state index contributed by atoms with van der Waals surface area (Å²) in [5.74, 6) is -11.3. The number of sulfonamides is 4. The Hall–Kier alpha value is -1.96. The van der Waals surface area contributed by atoms with Gasteiger partial charge in [-0.3, -0.25) is 28.5 Å². The normalized spacial score (nSPS) is 19.7. The van der Waals surface area contributed by atoms with Gasteiger partial charge < -0.3 is 14.1 Å². The quantitative estimate of drug-likeness (QED) is 0.0563. The molecule has 2 bridgehead atoms. The van der Waals surface area contributed by atoms with Crippen LogP contribution in [0, 0.1) is 17.8 Å². The summed E-state index contributed by atoms with van der Waals surface area (Å²) >= 11 is 0. The lowest BCUT2D eigenvalue weighted by molar-refractivity contribution is -0.382. The Kier molecular flexibility index (Phi) is 33.5. The summed E-state index contributed by atoms with van der Waals surface area (Å²) in [5.41, 5.74) is -24.6. The van der Waals surface area contributed by atoms with Gasteiger partial charge in [-0.25, -0.2) is 42.1 Å². The molecule has 0 unspecified atom stereocenters. The summed E-state index contributed by atoms with van der Waals surface area (Å²) in [7, 11) is -43.1. The molecule has 3 N–H and O–H groups in total. The summed E-state index contributed by atoms with van der Waals surface area (Å²) < 4.78 is 393. The van der Waals surface area contributed by atoms with E-state index >= 15 is 0 Å². The van der Waals surface area contributed by atoms with Crippen molar-refractivity contribution in [2.75, 3.05) is 91.3 Å². The third kappa shape index (κ3) is 28.3. The van der Waals surface area contributed by atoms with Crippen molar-refractivity contribution in [3.05, 3.63) is 0 Å². The standard InChI is InChI=1S/C18H39N4P.C7H13N3.C5H9F6NO4S2Si.C4HF9O3S.C4H12O3SSi.C2HF6NO4S2/c1-16(2)13-20-10-7-19-8-11-21(14-17(3)4)23(20)22(12-9-19)15-18(5)6;1-3-8-7-9-4-2-6-10(7)5-1;1-19(2,3)12(17(13,14)4(6,7)8)18(15,16)5(9,10)11;5-1(6,3(9,10)11)2(7,8)4(12,13)17(14,15)16;1-8(5,6)7-9(2,3)4;3-1(4,5)14(10,11)9-15(12,13)2(6,7)8/h16-18H,7-15H2,1-6H3;1-6H2,(H,8,9);1-3H3;(H,14,15,16);1-4H3;9H. The SMILES string of the molecule is C1CN=C2NCCCN2C1.CC(C)CN1CCN2CCN(CC(C)C)P1N(CC(C)C)CC2.C[Si](C)(C)N(S(=O)(=O)C(F)(F)F)S(=O)(=O)C(F)(F)F.C[Si](C)(C)OS(C)(=O)=O.O=S(=O)(NS(=O)(=O)C(F)(F)F)C(F)(F)F.O=S(=O)(O)C(F)(F)C(F)(F)C(F)(F)C(F)(F)F. The summed E-state index contributed by atoms with van der Waals surface area (Å²) in [4.78, 5) is 9.42. The molecule has 23 nitrogen and oxygen atoms in total. The van der Waals surface area contributed by atoms with Crippen LogP contribution in [0.5, 0.6) is 0 Å². The summed E-state index contributed by atoms with van der Waals surface area (Å²) in [5, 5.41) is -3.70. The molecule has 0 aromatic carbocycles. The monoisotopic (exact) mass is 1580 g/mol. The van der Waals surface area contributed by atoms with Crippen molar-refractivity contribution >= 4 is 91.2 Å². The van der Waals surface area contributed by atoms with E-state index in [-0.39, 0.29) is 8.37 Å². The number of halogens is 21. The fourth-order valence-corrected chi connectivity index (χ4v) is 25.0. The van der Waals surface area contributed by atoms with E-state index in [1.807, 2.05) is 19.6 Å². The predicted molar refractivity (Wildman–Crippen MR) is 304 cm³/mol. The van der Waals surface area contributed by atoms with Gasteiger partial charge in [0.05, 0.1) is 6.26 Å². The molecule has 0 spiro atoms. The first-order valence-electron chi connectivity index (χ1n) is 26.3. The number of rotatable bonds is 16. The molecule has 0 amide bonds. The van der Waals surface area contributed by atoms with Gasteiger partial charge in [-0.05, 0) is 50.2 Å². The molecule has 0 aromatic heterocycles. The molecule has 93 heavy (non-hydrogen) atoms. The van der Waals surface area contributed by atoms with Crippen LogP contribution in [0.2, 0.25) is 39.3 Å². The largest absolute Gasteiger partial charge is 0.512 e. The van der Waals surface area contributed by atoms with Crippen LogP contribution in [0.4, 0.5) is 92.2 Å². The zero-order valence-electron chi connectivity index (χ0n) is 51.6. The molecule has 0 saturated carbocycles. The van der Waals surface area contributed by atoms with Crippen LogP contribution in [-0.4, -0.2) is 241 Å². The number of guanidine groups is 1. The van der Waals surface area contributed by atoms with Crippen molar-refractivity contribution in [2.45, 2.75) is 139 Å². The van der Waals surface area contributed by atoms with Gasteiger partial charge in [-0.15, -0.1) is 3.38 Å². The van der Waals surface area contributed by atoms with E-state index in [2.05, 4.69) is 75.7 Å². The Balaban J connectivity index is 0. The van der Waals surface area contributed by atoms with Crippen LogP contribution in [0.15, 0.2) is 4.99 Å². The molecule has 0 atom stereocenters. The number of aliphatic imine (C=N–C) groups is 1. The molecule has 5 heterocycles. The average Bonchev–Trinajstić information content (AvgIpc) is 0.740. The molecule has 4 fully saturated rings. The number of alkyl halides is 21. The van der Waals surface area contributed by atoms with Crippen LogP contribution in [0.25, 0.3) is 0 Å². The molecule has 4 saturated heterocycles. The van der Waals surface area contributed by atoms with Gasteiger partial charge in [0.2, 0.25) is 8.32 Å². The van der Waals surface area contributed by atoms with E-state index in [9.17, 15) is 143 Å². The van der Waals surface area contributed by atoms with E-state index in [4.69, 9.17) is 8.42 Å². The highest BCUT2D eigenvalue weighted by Crippen LogP contribution is 2.55. The minimum Gasteiger partial charge on any atom is -0.356 e. The highest BCUT2D eigenvalue weighted by atomic mass is 32.3. The van der Waals surface area contributed by atoms with Gasteiger partial charge in [0, 0.05) is 85.1 Å². The molecular formula is C40H75F21N9O14PS6Si2. The smallest absolute Gasteiger partial charge is 0.356 e. The van der Waals surface area contributed by atoms with E-state index < -0.39 is 130 Å². The zero-order valence-corrected chi connectivity index (χ0v) is 59.4. The number of nitrogens with zero attached hydrogens (tertiary/aromatic N) is 7. The Morgan fingerprint density at radius 1 is 0.538 bits per heavy atom. The third-order valence-corrected chi connectivity index (χ3v) is 29.5. The van der Waals surface area contributed by atoms with Gasteiger partial charge in [-0.1, -0.05) is 65.3 Å². The van der Waals surface area contributed by atoms with Crippen molar-refractivity contribution in [1.82, 2.24) is 36.6 Å². The van der Waals surface area contributed by atoms with Crippen molar-refractivity contribution in [3.8, 4) is 0 Å². The van der Waals surface area contributed by atoms with Crippen LogP contribution in [0.1, 0.15) is 54.4 Å². The number of hydrogen-bond acceptors (Lipinski definition) is 20. The minimum atomic E-state index is -7.37. The summed E-state index contributed by atoms with van der Waals surface area (Å²) in [6.07, 6.45) is -3.57. The van der Waals surface area contributed by atoms with E-state index in [0.29, 0.717) is 0 Å². The predicted octanol–water partition coefficient (Wildman–Crippen LogP) is 8.65. The first kappa shape index (κ1) is 93.1. The maximum absolute atomic E-state index is 12.3. The lowest BCUT2D eigenvalue weighted by Crippen LogP contribution is -2.63. The van der Waals surface area contributed by atoms with Gasteiger partial charge >= 0.3 is 95.5 Å². The maximum Gasteiger partial charge on any atom is 0.512 e. The maximum atomic E-state index is 12.3. The Morgan fingerprint density at radius 2 is 0.871 bits per heavy atom. The second kappa shape index (κ2) is 33.5. The summed E-state index contributed by atoms with van der Waals surface area (Å²) in [6, 6.07) is 0. The van der Waals surface area contributed by atoms with Gasteiger partial charge in [0.15, 0.2) is 14.2 Å². The lowest BCUT2D eigenvalue weighted by Gasteiger charge is -2.51. The topological polar surface area (TPSA) is 290 Å². The van der Waals surface area contributed by atoms with Crippen LogP contribution < -0.4 is 9.44 Å². The van der Waals surface area contributed by atoms with Crippen molar-refractivity contribution in [2.24, 2.45) is 22.7 Å². The van der Waals surface area contributed by atoms with E-state index in [1.165, 1.54) is 84.8 Å². The van der Waals surface area contributed by atoms with Crippen LogP contribution in [0.3, 0.4) is 0 Å². The molecule has 5 rings (SSSR count). The third-order valence-electron chi connectivity index (χ3n) is 10.8. The second-order valence-corrected chi connectivity index (χ2v) is 46.0. The molecule has 560 valence electrons. The Bertz CT molecular complexity index is 2990. The van der Waals surface area contributed by atoms with Gasteiger partial charge in [-0.2, -0.15) is 101 Å². The summed E-state index contributed by atoms with van der Waals surface area (Å²) in [6.45, 7) is 37.6. The van der Waals surface area contributed by atoms with Gasteiger partial charge in [0.1, 0.15) is 8.37 Å². The van der Waals surface area contributed by atoms with Crippen molar-refractivity contribution in [3.63, 3.8) is 0 Å². The average molecular weight is 1580 g/mol. The van der Waals surface area contributed by atoms with Gasteiger partial charge in [0.25, 0.3) is 10.1 Å². The van der Waals surface area contributed by atoms with Crippen molar-refractivity contribution in [1.29, 1.82) is 0 Å². The Labute approximate surface area is 529 Å². The first-order valence-corrected chi connectivity index (χ1v) is 43.5. The minimum absolute atomic E-state index is 0.292.